The van der Waals surface area contributed by atoms with E-state index in [1.54, 1.807) is 49.4 Å². The van der Waals surface area contributed by atoms with E-state index in [-0.39, 0.29) is 36.0 Å². The predicted octanol–water partition coefficient (Wildman–Crippen LogP) is 11.6. The summed E-state index contributed by atoms with van der Waals surface area (Å²) >= 11 is 8.94. The van der Waals surface area contributed by atoms with Gasteiger partial charge in [-0.1, -0.05) is 54.1 Å². The third-order valence-electron chi connectivity index (χ3n) is 8.15. The van der Waals surface area contributed by atoms with Crippen molar-refractivity contribution >= 4 is 66.4 Å². The van der Waals surface area contributed by atoms with Gasteiger partial charge in [-0.15, -0.1) is 22.7 Å². The Morgan fingerprint density at radius 1 is 0.660 bits per heavy atom. The summed E-state index contributed by atoms with van der Waals surface area (Å²) in [6.07, 6.45) is 0.607. The lowest BCUT2D eigenvalue weighted by molar-refractivity contribution is 0.0516. The van der Waals surface area contributed by atoms with Gasteiger partial charge in [0.2, 0.25) is 0 Å². The molecule has 0 aliphatic carbocycles. The van der Waals surface area contributed by atoms with Crippen LogP contribution in [-0.2, 0) is 22.5 Å². The standard InChI is InChI=1S/C24H17ClF2O2S.C18H15FO3S/c1-2-29-24(28)17-10-16(11-18(26)12-17)20-5-3-4-15-13-19(30-23(15)20)8-14-6-7-22(27)21(25)9-14;1-2-22-18(21)13-6-12(7-14(19)8-13)16-5-3-4-11-9-15(10-20)23-17(11)16/h3-7,9-13H,2,8H2,1H3;3-9,20H,2,10H2,1H3. The molecule has 270 valence electrons. The summed E-state index contributed by atoms with van der Waals surface area (Å²) in [5.41, 5.74) is 4.18. The zero-order valence-corrected chi connectivity index (χ0v) is 30.9. The topological polar surface area (TPSA) is 72.8 Å². The van der Waals surface area contributed by atoms with E-state index in [1.165, 1.54) is 41.7 Å². The second-order valence-corrected chi connectivity index (χ2v) is 14.5. The van der Waals surface area contributed by atoms with Gasteiger partial charge in [0.25, 0.3) is 0 Å². The fourth-order valence-corrected chi connectivity index (χ4v) is 8.34. The van der Waals surface area contributed by atoms with Crippen LogP contribution in [0.5, 0.6) is 0 Å². The highest BCUT2D eigenvalue weighted by atomic mass is 35.5. The molecule has 7 aromatic rings. The molecule has 0 saturated heterocycles. The molecule has 0 spiro atoms. The number of fused-ring (bicyclic) bond motifs is 2. The van der Waals surface area contributed by atoms with Gasteiger partial charge in [-0.05, 0) is 113 Å². The molecule has 53 heavy (non-hydrogen) atoms. The number of hydrogen-bond donors (Lipinski definition) is 1. The maximum Gasteiger partial charge on any atom is 0.338 e. The molecular formula is C42H32ClF3O5S2. The van der Waals surface area contributed by atoms with Gasteiger partial charge in [0.15, 0.2) is 0 Å². The number of carbonyl (C=O) groups is 2. The van der Waals surface area contributed by atoms with Crippen LogP contribution in [0.15, 0.2) is 103 Å². The number of aliphatic hydroxyl groups excluding tert-OH is 1. The summed E-state index contributed by atoms with van der Waals surface area (Å²) in [4.78, 5) is 25.9. The molecule has 5 nitrogen and oxygen atoms in total. The average molecular weight is 773 g/mol. The van der Waals surface area contributed by atoms with Crippen molar-refractivity contribution < 1.29 is 37.3 Å². The van der Waals surface area contributed by atoms with Crippen LogP contribution in [0, 0.1) is 17.5 Å². The number of rotatable bonds is 9. The van der Waals surface area contributed by atoms with E-state index in [0.717, 1.165) is 46.6 Å². The van der Waals surface area contributed by atoms with Crippen LogP contribution < -0.4 is 0 Å². The molecule has 0 amide bonds. The van der Waals surface area contributed by atoms with Crippen molar-refractivity contribution in [2.24, 2.45) is 0 Å². The Kier molecular flexibility index (Phi) is 11.9. The summed E-state index contributed by atoms with van der Waals surface area (Å²) in [7, 11) is 0. The number of hydrogen-bond acceptors (Lipinski definition) is 7. The number of thiophene rings is 2. The molecule has 0 radical (unpaired) electrons. The molecule has 0 aliphatic heterocycles. The van der Waals surface area contributed by atoms with Crippen LogP contribution in [0.25, 0.3) is 42.4 Å². The minimum atomic E-state index is -0.550. The minimum Gasteiger partial charge on any atom is -0.462 e. The lowest BCUT2D eigenvalue weighted by Crippen LogP contribution is -2.05. The summed E-state index contributed by atoms with van der Waals surface area (Å²) in [6, 6.07) is 28.6. The van der Waals surface area contributed by atoms with Crippen molar-refractivity contribution in [1.82, 2.24) is 0 Å². The van der Waals surface area contributed by atoms with E-state index in [4.69, 9.17) is 21.1 Å². The third-order valence-corrected chi connectivity index (χ3v) is 10.8. The molecule has 0 bridgehead atoms. The normalized spacial score (nSPS) is 11.0. The van der Waals surface area contributed by atoms with Gasteiger partial charge in [-0.25, -0.2) is 22.8 Å². The van der Waals surface area contributed by atoms with Gasteiger partial charge in [-0.3, -0.25) is 0 Å². The molecule has 7 rings (SSSR count). The monoisotopic (exact) mass is 772 g/mol. The van der Waals surface area contributed by atoms with E-state index >= 15 is 0 Å². The van der Waals surface area contributed by atoms with E-state index in [1.807, 2.05) is 42.5 Å². The van der Waals surface area contributed by atoms with Crippen LogP contribution in [0.1, 0.15) is 49.9 Å². The molecule has 1 N–H and O–H groups in total. The minimum absolute atomic E-state index is 0.0317. The summed E-state index contributed by atoms with van der Waals surface area (Å²) in [6.45, 7) is 3.85. The van der Waals surface area contributed by atoms with E-state index in [2.05, 4.69) is 6.07 Å². The lowest BCUT2D eigenvalue weighted by Gasteiger charge is -2.07. The van der Waals surface area contributed by atoms with Crippen molar-refractivity contribution in [3.63, 3.8) is 0 Å². The molecule has 0 unspecified atom stereocenters. The largest absolute Gasteiger partial charge is 0.462 e. The Morgan fingerprint density at radius 2 is 1.17 bits per heavy atom. The fraction of sp³-hybridized carbons (Fsp3) is 0.143. The first-order valence-electron chi connectivity index (χ1n) is 16.6. The van der Waals surface area contributed by atoms with Crippen LogP contribution in [0.3, 0.4) is 0 Å². The summed E-state index contributed by atoms with van der Waals surface area (Å²) in [5, 5.41) is 11.4. The number of esters is 2. The summed E-state index contributed by atoms with van der Waals surface area (Å²) < 4.78 is 53.5. The maximum atomic E-state index is 14.2. The highest BCUT2D eigenvalue weighted by Gasteiger charge is 2.16. The van der Waals surface area contributed by atoms with Gasteiger partial charge >= 0.3 is 11.9 Å². The highest BCUT2D eigenvalue weighted by molar-refractivity contribution is 7.20. The predicted molar refractivity (Wildman–Crippen MR) is 206 cm³/mol. The third kappa shape index (κ3) is 8.80. The first kappa shape index (κ1) is 37.7. The van der Waals surface area contributed by atoms with Gasteiger partial charge in [-0.2, -0.15) is 0 Å². The van der Waals surface area contributed by atoms with Gasteiger partial charge in [0, 0.05) is 25.6 Å². The molecule has 11 heteroatoms. The SMILES string of the molecule is CCOC(=O)c1cc(F)cc(-c2cccc3cc(CO)sc23)c1.CCOC(=O)c1cc(F)cc(-c2cccc3cc(Cc4ccc(F)c(Cl)c4)sc23)c1. The Morgan fingerprint density at radius 3 is 1.66 bits per heavy atom. The molecule has 2 heterocycles. The Hall–Kier alpha value is -5.00. The molecular weight excluding hydrogens is 741 g/mol. The lowest BCUT2D eigenvalue weighted by atomic mass is 10.0. The smallest absolute Gasteiger partial charge is 0.338 e. The van der Waals surface area contributed by atoms with Crippen molar-refractivity contribution in [3.8, 4) is 22.3 Å². The van der Waals surface area contributed by atoms with Gasteiger partial charge in [0.1, 0.15) is 17.5 Å². The molecule has 5 aromatic carbocycles. The number of aliphatic hydroxyl groups is 1. The second-order valence-electron chi connectivity index (χ2n) is 11.9. The molecule has 0 saturated carbocycles. The fourth-order valence-electron chi connectivity index (χ4n) is 5.86. The van der Waals surface area contributed by atoms with E-state index in [0.29, 0.717) is 17.5 Å². The number of benzene rings is 5. The first-order valence-corrected chi connectivity index (χ1v) is 18.6. The van der Waals surface area contributed by atoms with E-state index < -0.39 is 29.4 Å². The quantitative estimate of drug-likeness (QED) is 0.148. The maximum absolute atomic E-state index is 14.2. The van der Waals surface area contributed by atoms with Crippen molar-refractivity contribution in [3.05, 3.63) is 152 Å². The number of halogens is 4. The van der Waals surface area contributed by atoms with Crippen molar-refractivity contribution in [2.75, 3.05) is 13.2 Å². The highest BCUT2D eigenvalue weighted by Crippen LogP contribution is 2.38. The van der Waals surface area contributed by atoms with Crippen LogP contribution in [0.2, 0.25) is 5.02 Å². The summed E-state index contributed by atoms with van der Waals surface area (Å²) in [5.74, 6) is -2.51. The number of carbonyl (C=O) groups excluding carboxylic acids is 2. The second kappa shape index (κ2) is 16.8. The zero-order valence-electron chi connectivity index (χ0n) is 28.6. The molecule has 0 fully saturated rings. The van der Waals surface area contributed by atoms with Crippen LogP contribution in [-0.4, -0.2) is 30.3 Å². The van der Waals surface area contributed by atoms with E-state index in [9.17, 15) is 27.9 Å². The average Bonchev–Trinajstić information content (AvgIpc) is 3.77. The Bertz CT molecular complexity index is 2460. The first-order chi connectivity index (χ1) is 25.6. The van der Waals surface area contributed by atoms with Gasteiger partial charge in [0.05, 0.1) is 36.0 Å². The molecule has 0 aliphatic rings. The Labute approximate surface area is 316 Å². The Balaban J connectivity index is 0.000000188. The number of ether oxygens (including phenoxy) is 2. The van der Waals surface area contributed by atoms with Crippen LogP contribution >= 0.6 is 34.3 Å². The molecule has 0 atom stereocenters. The van der Waals surface area contributed by atoms with Crippen molar-refractivity contribution in [2.45, 2.75) is 26.9 Å². The van der Waals surface area contributed by atoms with Gasteiger partial charge < -0.3 is 14.6 Å². The van der Waals surface area contributed by atoms with Crippen LogP contribution in [0.4, 0.5) is 13.2 Å². The zero-order chi connectivity index (χ0) is 37.6. The van der Waals surface area contributed by atoms with Crippen molar-refractivity contribution in [1.29, 1.82) is 0 Å². The molecule has 2 aromatic heterocycles.